The summed E-state index contributed by atoms with van der Waals surface area (Å²) in [7, 11) is 0. The van der Waals surface area contributed by atoms with Gasteiger partial charge < -0.3 is 10.2 Å². The molecule has 0 bridgehead atoms. The summed E-state index contributed by atoms with van der Waals surface area (Å²) in [4.78, 5) is 10.6. The number of hydrogen-bond donors (Lipinski definition) is 2. The van der Waals surface area contributed by atoms with Gasteiger partial charge in [0.1, 0.15) is 0 Å². The molecule has 0 saturated carbocycles. The van der Waals surface area contributed by atoms with E-state index < -0.39 is 5.97 Å². The molecule has 0 aliphatic carbocycles. The first kappa shape index (κ1) is 11.7. The van der Waals surface area contributed by atoms with Gasteiger partial charge in [-0.15, -0.1) is 0 Å². The van der Waals surface area contributed by atoms with Gasteiger partial charge in [-0.25, -0.2) is 0 Å². The molecule has 0 aliphatic heterocycles. The zero-order valence-corrected chi connectivity index (χ0v) is 8.65. The first-order chi connectivity index (χ1) is 7.24. The SMILES string of the molecule is O=C(O)Cc1ccccc1CCCCO. The Bertz CT molecular complexity index is 320. The predicted molar refractivity (Wildman–Crippen MR) is 57.8 cm³/mol. The molecule has 3 heteroatoms. The van der Waals surface area contributed by atoms with Gasteiger partial charge in [-0.2, -0.15) is 0 Å². The highest BCUT2D eigenvalue weighted by molar-refractivity contribution is 5.70. The molecule has 1 rings (SSSR count). The summed E-state index contributed by atoms with van der Waals surface area (Å²) >= 11 is 0. The van der Waals surface area contributed by atoms with Crippen LogP contribution < -0.4 is 0 Å². The highest BCUT2D eigenvalue weighted by atomic mass is 16.4. The van der Waals surface area contributed by atoms with E-state index in [-0.39, 0.29) is 13.0 Å². The number of benzene rings is 1. The maximum atomic E-state index is 10.6. The molecule has 1 aromatic carbocycles. The van der Waals surface area contributed by atoms with Gasteiger partial charge in [0.2, 0.25) is 0 Å². The van der Waals surface area contributed by atoms with Crippen LogP contribution in [0.25, 0.3) is 0 Å². The third-order valence-corrected chi connectivity index (χ3v) is 2.31. The Balaban J connectivity index is 2.64. The summed E-state index contributed by atoms with van der Waals surface area (Å²) in [5.41, 5.74) is 1.95. The van der Waals surface area contributed by atoms with Crippen molar-refractivity contribution < 1.29 is 15.0 Å². The maximum Gasteiger partial charge on any atom is 0.307 e. The zero-order chi connectivity index (χ0) is 11.1. The molecular formula is C12H16O3. The largest absolute Gasteiger partial charge is 0.481 e. The lowest BCUT2D eigenvalue weighted by Gasteiger charge is -2.06. The van der Waals surface area contributed by atoms with E-state index in [0.29, 0.717) is 0 Å². The van der Waals surface area contributed by atoms with Crippen molar-refractivity contribution >= 4 is 5.97 Å². The summed E-state index contributed by atoms with van der Waals surface area (Å²) in [6, 6.07) is 7.57. The van der Waals surface area contributed by atoms with Crippen molar-refractivity contribution in [3.05, 3.63) is 35.4 Å². The van der Waals surface area contributed by atoms with Gasteiger partial charge in [-0.05, 0) is 30.4 Å². The van der Waals surface area contributed by atoms with Gasteiger partial charge in [0.25, 0.3) is 0 Å². The summed E-state index contributed by atoms with van der Waals surface area (Å²) in [6.45, 7) is 0.196. The quantitative estimate of drug-likeness (QED) is 0.698. The summed E-state index contributed by atoms with van der Waals surface area (Å²) in [5, 5.41) is 17.4. The monoisotopic (exact) mass is 208 g/mol. The van der Waals surface area contributed by atoms with Crippen molar-refractivity contribution in [3.8, 4) is 0 Å². The van der Waals surface area contributed by atoms with Gasteiger partial charge in [0.05, 0.1) is 6.42 Å². The van der Waals surface area contributed by atoms with Crippen LogP contribution in [0, 0.1) is 0 Å². The molecule has 15 heavy (non-hydrogen) atoms. The van der Waals surface area contributed by atoms with Crippen molar-refractivity contribution in [2.75, 3.05) is 6.61 Å². The molecule has 0 spiro atoms. The third kappa shape index (κ3) is 4.13. The van der Waals surface area contributed by atoms with Gasteiger partial charge in [-0.3, -0.25) is 4.79 Å². The van der Waals surface area contributed by atoms with Gasteiger partial charge in [0.15, 0.2) is 0 Å². The number of aryl methyl sites for hydroxylation is 1. The Hall–Kier alpha value is -1.35. The Morgan fingerprint density at radius 2 is 1.80 bits per heavy atom. The number of aliphatic hydroxyl groups excluding tert-OH is 1. The molecule has 0 aromatic heterocycles. The van der Waals surface area contributed by atoms with E-state index in [9.17, 15) is 4.79 Å². The minimum absolute atomic E-state index is 0.0787. The maximum absolute atomic E-state index is 10.6. The molecule has 0 aliphatic rings. The average Bonchev–Trinajstić information content (AvgIpc) is 2.20. The first-order valence-electron chi connectivity index (χ1n) is 5.13. The minimum Gasteiger partial charge on any atom is -0.481 e. The van der Waals surface area contributed by atoms with Gasteiger partial charge in [-0.1, -0.05) is 24.3 Å². The van der Waals surface area contributed by atoms with Crippen LogP contribution in [0.3, 0.4) is 0 Å². The fourth-order valence-electron chi connectivity index (χ4n) is 1.56. The normalized spacial score (nSPS) is 10.2. The number of aliphatic hydroxyl groups is 1. The zero-order valence-electron chi connectivity index (χ0n) is 8.65. The van der Waals surface area contributed by atoms with Crippen LogP contribution in [-0.2, 0) is 17.6 Å². The van der Waals surface area contributed by atoms with Gasteiger partial charge >= 0.3 is 5.97 Å². The molecule has 1 aromatic rings. The molecule has 82 valence electrons. The van der Waals surface area contributed by atoms with E-state index in [1.165, 1.54) is 0 Å². The molecule has 0 amide bonds. The summed E-state index contributed by atoms with van der Waals surface area (Å²) in [6.07, 6.45) is 2.58. The fourth-order valence-corrected chi connectivity index (χ4v) is 1.56. The first-order valence-corrected chi connectivity index (χ1v) is 5.13. The molecule has 0 atom stereocenters. The second-order valence-electron chi connectivity index (χ2n) is 3.52. The number of rotatable bonds is 6. The second-order valence-corrected chi connectivity index (χ2v) is 3.52. The Labute approximate surface area is 89.4 Å². The lowest BCUT2D eigenvalue weighted by molar-refractivity contribution is -0.136. The fraction of sp³-hybridized carbons (Fsp3) is 0.417. The number of unbranched alkanes of at least 4 members (excludes halogenated alkanes) is 1. The van der Waals surface area contributed by atoms with Gasteiger partial charge in [0, 0.05) is 6.61 Å². The molecule has 3 nitrogen and oxygen atoms in total. The van der Waals surface area contributed by atoms with E-state index in [4.69, 9.17) is 10.2 Å². The predicted octanol–water partition coefficient (Wildman–Crippen LogP) is 1.63. The number of hydrogen-bond acceptors (Lipinski definition) is 2. The summed E-state index contributed by atoms with van der Waals surface area (Å²) in [5.74, 6) is -0.801. The summed E-state index contributed by atoms with van der Waals surface area (Å²) < 4.78 is 0. The average molecular weight is 208 g/mol. The molecule has 0 unspecified atom stereocenters. The topological polar surface area (TPSA) is 57.5 Å². The van der Waals surface area contributed by atoms with Crippen LogP contribution >= 0.6 is 0 Å². The standard InChI is InChI=1S/C12H16O3/c13-8-4-3-6-10-5-1-2-7-11(10)9-12(14)15/h1-2,5,7,13H,3-4,6,8-9H2,(H,14,15). The van der Waals surface area contributed by atoms with Crippen molar-refractivity contribution in [2.24, 2.45) is 0 Å². The van der Waals surface area contributed by atoms with Crippen LogP contribution in [0.2, 0.25) is 0 Å². The van der Waals surface area contributed by atoms with Crippen molar-refractivity contribution in [1.82, 2.24) is 0 Å². The minimum atomic E-state index is -0.801. The lowest BCUT2D eigenvalue weighted by atomic mass is 10.00. The number of aliphatic carboxylic acids is 1. The van der Waals surface area contributed by atoms with Crippen LogP contribution in [0.4, 0.5) is 0 Å². The number of carboxylic acid groups (broad SMARTS) is 1. The van der Waals surface area contributed by atoms with E-state index in [1.54, 1.807) is 0 Å². The van der Waals surface area contributed by atoms with Crippen LogP contribution in [0.1, 0.15) is 24.0 Å². The number of carbonyl (C=O) groups is 1. The van der Waals surface area contributed by atoms with Crippen molar-refractivity contribution in [2.45, 2.75) is 25.7 Å². The Morgan fingerprint density at radius 3 is 2.40 bits per heavy atom. The smallest absolute Gasteiger partial charge is 0.307 e. The van der Waals surface area contributed by atoms with Crippen LogP contribution in [0.5, 0.6) is 0 Å². The second kappa shape index (κ2) is 6.19. The van der Waals surface area contributed by atoms with Crippen LogP contribution in [0.15, 0.2) is 24.3 Å². The molecule has 2 N–H and O–H groups in total. The van der Waals surface area contributed by atoms with E-state index >= 15 is 0 Å². The van der Waals surface area contributed by atoms with E-state index in [0.717, 1.165) is 30.4 Å². The molecule has 0 heterocycles. The third-order valence-electron chi connectivity index (χ3n) is 2.31. The highest BCUT2D eigenvalue weighted by Crippen LogP contribution is 2.12. The van der Waals surface area contributed by atoms with Crippen molar-refractivity contribution in [3.63, 3.8) is 0 Å². The number of carboxylic acids is 1. The van der Waals surface area contributed by atoms with E-state index in [2.05, 4.69) is 0 Å². The highest BCUT2D eigenvalue weighted by Gasteiger charge is 2.05. The molecule has 0 fully saturated rings. The Kier molecular flexibility index (Phi) is 4.84. The Morgan fingerprint density at radius 1 is 1.13 bits per heavy atom. The van der Waals surface area contributed by atoms with E-state index in [1.807, 2.05) is 24.3 Å². The lowest BCUT2D eigenvalue weighted by Crippen LogP contribution is -2.03. The molecular weight excluding hydrogens is 192 g/mol. The van der Waals surface area contributed by atoms with Crippen molar-refractivity contribution in [1.29, 1.82) is 0 Å². The molecule has 0 saturated heterocycles. The molecule has 0 radical (unpaired) electrons. The van der Waals surface area contributed by atoms with Crippen LogP contribution in [-0.4, -0.2) is 22.8 Å².